The number of hydrogen-bond acceptors (Lipinski definition) is 6. The van der Waals surface area contributed by atoms with Crippen LogP contribution in [0.3, 0.4) is 0 Å². The molecule has 0 saturated heterocycles. The fraction of sp³-hybridized carbons (Fsp3) is 0.200. The molecule has 27 heavy (non-hydrogen) atoms. The van der Waals surface area contributed by atoms with Gasteiger partial charge in [-0.3, -0.25) is 14.8 Å². The highest BCUT2D eigenvalue weighted by atomic mass is 16.1. The molecule has 3 rings (SSSR count). The number of allylic oxidation sites excluding steroid dienone is 2. The van der Waals surface area contributed by atoms with Crippen LogP contribution in [-0.2, 0) is 0 Å². The Kier molecular flexibility index (Phi) is 5.05. The summed E-state index contributed by atoms with van der Waals surface area (Å²) in [6, 6.07) is 11.3. The van der Waals surface area contributed by atoms with E-state index in [1.165, 1.54) is 18.6 Å². The molecule has 0 fully saturated rings. The standard InChI is InChI=1S/C20H16N6O/c1-12-16(9-21)19(17(10-22)13(2)25-12)14-4-3-5-15(8-14)20(27)26-18-11-23-6-7-24-18/h3-8,11,16,19H,1-2H3,(H,24,26,27). The topological polar surface area (TPSA) is 115 Å². The summed E-state index contributed by atoms with van der Waals surface area (Å²) in [5.74, 6) is -1.01. The Labute approximate surface area is 156 Å². The van der Waals surface area contributed by atoms with Crippen LogP contribution in [0, 0.1) is 28.6 Å². The first kappa shape index (κ1) is 18.0. The highest BCUT2D eigenvalue weighted by Gasteiger charge is 2.34. The van der Waals surface area contributed by atoms with Crippen LogP contribution in [0.25, 0.3) is 0 Å². The number of aliphatic imine (C=N–C) groups is 1. The summed E-state index contributed by atoms with van der Waals surface area (Å²) in [5, 5.41) is 21.9. The largest absolute Gasteiger partial charge is 0.305 e. The summed E-state index contributed by atoms with van der Waals surface area (Å²) in [6.45, 7) is 3.54. The number of rotatable bonds is 3. The summed E-state index contributed by atoms with van der Waals surface area (Å²) in [4.78, 5) is 24.8. The Hall–Kier alpha value is -3.84. The first-order valence-electron chi connectivity index (χ1n) is 8.28. The van der Waals surface area contributed by atoms with Crippen LogP contribution < -0.4 is 5.32 Å². The van der Waals surface area contributed by atoms with Gasteiger partial charge in [0.05, 0.1) is 35.5 Å². The van der Waals surface area contributed by atoms with Crippen molar-refractivity contribution >= 4 is 17.4 Å². The molecule has 2 unspecified atom stereocenters. The number of amides is 1. The second-order valence-corrected chi connectivity index (χ2v) is 6.12. The average molecular weight is 356 g/mol. The smallest absolute Gasteiger partial charge is 0.256 e. The van der Waals surface area contributed by atoms with Gasteiger partial charge >= 0.3 is 0 Å². The second kappa shape index (κ2) is 7.59. The van der Waals surface area contributed by atoms with E-state index in [9.17, 15) is 15.3 Å². The number of nitrogens with zero attached hydrogens (tertiary/aromatic N) is 5. The zero-order chi connectivity index (χ0) is 19.4. The van der Waals surface area contributed by atoms with Crippen molar-refractivity contribution < 1.29 is 4.79 Å². The molecule has 0 aliphatic carbocycles. The lowest BCUT2D eigenvalue weighted by molar-refractivity contribution is 0.102. The molecule has 1 aromatic carbocycles. The molecule has 0 spiro atoms. The highest BCUT2D eigenvalue weighted by molar-refractivity contribution is 6.03. The molecule has 2 heterocycles. The zero-order valence-electron chi connectivity index (χ0n) is 14.8. The van der Waals surface area contributed by atoms with Crippen molar-refractivity contribution in [2.45, 2.75) is 19.8 Å². The maximum atomic E-state index is 12.5. The van der Waals surface area contributed by atoms with E-state index in [1.54, 1.807) is 32.0 Å². The lowest BCUT2D eigenvalue weighted by Crippen LogP contribution is -2.25. The number of anilines is 1. The van der Waals surface area contributed by atoms with Crippen LogP contribution in [0.2, 0.25) is 0 Å². The third-order valence-electron chi connectivity index (χ3n) is 4.40. The van der Waals surface area contributed by atoms with Gasteiger partial charge in [0.1, 0.15) is 0 Å². The predicted molar refractivity (Wildman–Crippen MR) is 99.7 cm³/mol. The lowest BCUT2D eigenvalue weighted by atomic mass is 9.76. The number of benzene rings is 1. The van der Waals surface area contributed by atoms with Crippen LogP contribution >= 0.6 is 0 Å². The van der Waals surface area contributed by atoms with Crippen molar-refractivity contribution in [2.24, 2.45) is 10.9 Å². The molecule has 2 atom stereocenters. The number of aromatic nitrogens is 2. The Morgan fingerprint density at radius 2 is 2.04 bits per heavy atom. The number of nitriles is 2. The van der Waals surface area contributed by atoms with Crippen LogP contribution in [-0.4, -0.2) is 21.6 Å². The molecule has 1 N–H and O–H groups in total. The maximum Gasteiger partial charge on any atom is 0.256 e. The molecule has 1 aliphatic rings. The van der Waals surface area contributed by atoms with Crippen LogP contribution in [0.5, 0.6) is 0 Å². The third kappa shape index (κ3) is 3.58. The molecule has 132 valence electrons. The second-order valence-electron chi connectivity index (χ2n) is 6.12. The summed E-state index contributed by atoms with van der Waals surface area (Å²) in [7, 11) is 0. The zero-order valence-corrected chi connectivity index (χ0v) is 14.8. The van der Waals surface area contributed by atoms with E-state index in [4.69, 9.17) is 0 Å². The molecule has 2 aromatic rings. The predicted octanol–water partition coefficient (Wildman–Crippen LogP) is 3.22. The fourth-order valence-electron chi connectivity index (χ4n) is 3.13. The first-order chi connectivity index (χ1) is 13.0. The monoisotopic (exact) mass is 356 g/mol. The molecule has 7 nitrogen and oxygen atoms in total. The Balaban J connectivity index is 1.97. The van der Waals surface area contributed by atoms with E-state index in [1.807, 2.05) is 6.07 Å². The van der Waals surface area contributed by atoms with Gasteiger partial charge in [0.15, 0.2) is 5.82 Å². The number of hydrogen-bond donors (Lipinski definition) is 1. The van der Waals surface area contributed by atoms with Gasteiger partial charge < -0.3 is 5.32 Å². The van der Waals surface area contributed by atoms with Gasteiger partial charge in [-0.25, -0.2) is 4.98 Å². The summed E-state index contributed by atoms with van der Waals surface area (Å²) in [5.41, 5.74) is 2.83. The Morgan fingerprint density at radius 1 is 1.22 bits per heavy atom. The van der Waals surface area contributed by atoms with Crippen LogP contribution in [0.15, 0.2) is 59.1 Å². The summed E-state index contributed by atoms with van der Waals surface area (Å²) >= 11 is 0. The highest BCUT2D eigenvalue weighted by Crippen LogP contribution is 2.38. The number of carbonyl (C=O) groups is 1. The Morgan fingerprint density at radius 3 is 2.70 bits per heavy atom. The summed E-state index contributed by atoms with van der Waals surface area (Å²) in [6.07, 6.45) is 4.46. The molecular weight excluding hydrogens is 340 g/mol. The van der Waals surface area contributed by atoms with Crippen LogP contribution in [0.1, 0.15) is 35.7 Å². The normalized spacial score (nSPS) is 18.9. The van der Waals surface area contributed by atoms with Crippen molar-refractivity contribution in [3.63, 3.8) is 0 Å². The molecule has 0 bridgehead atoms. The van der Waals surface area contributed by atoms with Crippen molar-refractivity contribution in [3.8, 4) is 12.1 Å². The van der Waals surface area contributed by atoms with E-state index in [0.29, 0.717) is 28.4 Å². The van der Waals surface area contributed by atoms with Gasteiger partial charge in [0.2, 0.25) is 0 Å². The minimum absolute atomic E-state index is 0.341. The average Bonchev–Trinajstić information content (AvgIpc) is 2.68. The molecule has 1 amide bonds. The van der Waals surface area contributed by atoms with E-state index in [-0.39, 0.29) is 5.91 Å². The first-order valence-corrected chi connectivity index (χ1v) is 8.28. The third-order valence-corrected chi connectivity index (χ3v) is 4.40. The van der Waals surface area contributed by atoms with Crippen LogP contribution in [0.4, 0.5) is 5.82 Å². The minimum atomic E-state index is -0.554. The fourth-order valence-corrected chi connectivity index (χ4v) is 3.13. The van der Waals surface area contributed by atoms with Gasteiger partial charge in [0, 0.05) is 29.6 Å². The van der Waals surface area contributed by atoms with E-state index >= 15 is 0 Å². The van der Waals surface area contributed by atoms with E-state index in [2.05, 4.69) is 32.4 Å². The lowest BCUT2D eigenvalue weighted by Gasteiger charge is -2.27. The Bertz CT molecular complexity index is 1030. The van der Waals surface area contributed by atoms with E-state index in [0.717, 1.165) is 5.56 Å². The van der Waals surface area contributed by atoms with Crippen molar-refractivity contribution in [3.05, 3.63) is 65.3 Å². The van der Waals surface area contributed by atoms with Gasteiger partial charge in [-0.1, -0.05) is 12.1 Å². The quantitative estimate of drug-likeness (QED) is 0.906. The van der Waals surface area contributed by atoms with Gasteiger partial charge in [-0.2, -0.15) is 10.5 Å². The molecule has 0 saturated carbocycles. The molecule has 7 heteroatoms. The van der Waals surface area contributed by atoms with Gasteiger partial charge in [-0.05, 0) is 31.5 Å². The molecule has 0 radical (unpaired) electrons. The van der Waals surface area contributed by atoms with E-state index < -0.39 is 11.8 Å². The van der Waals surface area contributed by atoms with Gasteiger partial charge in [0.25, 0.3) is 5.91 Å². The van der Waals surface area contributed by atoms with Crippen molar-refractivity contribution in [2.75, 3.05) is 5.32 Å². The minimum Gasteiger partial charge on any atom is -0.305 e. The maximum absolute atomic E-state index is 12.5. The number of carbonyl (C=O) groups excluding carboxylic acids is 1. The summed E-state index contributed by atoms with van der Waals surface area (Å²) < 4.78 is 0. The SMILES string of the molecule is CC1=NC(C)=C(C#N)C(c2cccc(C(=O)Nc3cnccn3)c2)C1C#N. The number of nitrogens with one attached hydrogen (secondary N) is 1. The molecule has 1 aliphatic heterocycles. The van der Waals surface area contributed by atoms with Gasteiger partial charge in [-0.15, -0.1) is 0 Å². The van der Waals surface area contributed by atoms with Crippen molar-refractivity contribution in [1.29, 1.82) is 10.5 Å². The van der Waals surface area contributed by atoms with Crippen molar-refractivity contribution in [1.82, 2.24) is 9.97 Å². The molecule has 1 aromatic heterocycles. The molecular formula is C20H16N6O.